The number of aromatic nitrogens is 2. The molecule has 1 N–H and O–H groups in total. The van der Waals surface area contributed by atoms with Crippen molar-refractivity contribution in [3.05, 3.63) is 83.9 Å². The smallest absolute Gasteiger partial charge is 0.170 e. The minimum atomic E-state index is 0.0427. The summed E-state index contributed by atoms with van der Waals surface area (Å²) in [5, 5.41) is 4.47. The summed E-state index contributed by atoms with van der Waals surface area (Å²) in [6, 6.07) is 21.9. The molecular weight excluding hydrogens is 376 g/mol. The Hall–Kier alpha value is -2.66. The van der Waals surface area contributed by atoms with E-state index in [-0.39, 0.29) is 12.1 Å². The van der Waals surface area contributed by atoms with Crippen molar-refractivity contribution in [2.75, 3.05) is 0 Å². The van der Waals surface area contributed by atoms with Gasteiger partial charge in [-0.15, -0.1) is 0 Å². The Bertz CT molecular complexity index is 992. The molecule has 2 aromatic heterocycles. The number of para-hydroxylation sites is 1. The van der Waals surface area contributed by atoms with Crippen LogP contribution < -0.4 is 5.32 Å². The average Bonchev–Trinajstić information content (AvgIpc) is 3.48. The summed E-state index contributed by atoms with van der Waals surface area (Å²) in [6.45, 7) is 2.17. The molecule has 0 radical (unpaired) electrons. The predicted octanol–water partition coefficient (Wildman–Crippen LogP) is 5.10. The molecule has 148 valence electrons. The first kappa shape index (κ1) is 18.4. The van der Waals surface area contributed by atoms with E-state index in [0.29, 0.717) is 6.04 Å². The SMILES string of the molecule is Cc1ccc([C@H]2[C@H](c3ccccn3)NC(=S)N2C2CCCC2)n1-c1ccccc1. The summed E-state index contributed by atoms with van der Waals surface area (Å²) in [6.07, 6.45) is 6.85. The van der Waals surface area contributed by atoms with Gasteiger partial charge in [-0.05, 0) is 68.4 Å². The van der Waals surface area contributed by atoms with Crippen LogP contribution in [0, 0.1) is 6.92 Å². The second kappa shape index (κ2) is 7.64. The molecule has 5 heteroatoms. The number of aryl methyl sites for hydroxylation is 1. The van der Waals surface area contributed by atoms with Crippen LogP contribution in [0.5, 0.6) is 0 Å². The highest BCUT2D eigenvalue weighted by Gasteiger charge is 2.44. The van der Waals surface area contributed by atoms with E-state index < -0.39 is 0 Å². The summed E-state index contributed by atoms with van der Waals surface area (Å²) < 4.78 is 2.37. The molecule has 0 bridgehead atoms. The van der Waals surface area contributed by atoms with Gasteiger partial charge in [0.05, 0.1) is 17.8 Å². The molecule has 0 unspecified atom stereocenters. The Kier molecular flexibility index (Phi) is 4.84. The molecule has 2 aliphatic rings. The zero-order valence-corrected chi connectivity index (χ0v) is 17.5. The predicted molar refractivity (Wildman–Crippen MR) is 120 cm³/mol. The minimum absolute atomic E-state index is 0.0427. The number of hydrogen-bond donors (Lipinski definition) is 1. The lowest BCUT2D eigenvalue weighted by Crippen LogP contribution is -2.38. The second-order valence-corrected chi connectivity index (χ2v) is 8.43. The van der Waals surface area contributed by atoms with Crippen LogP contribution in [0.1, 0.15) is 54.8 Å². The van der Waals surface area contributed by atoms with E-state index in [1.165, 1.54) is 42.8 Å². The lowest BCUT2D eigenvalue weighted by Gasteiger charge is -2.33. The van der Waals surface area contributed by atoms with Crippen LogP contribution >= 0.6 is 12.2 Å². The zero-order chi connectivity index (χ0) is 19.8. The topological polar surface area (TPSA) is 33.1 Å². The molecule has 2 atom stereocenters. The minimum Gasteiger partial charge on any atom is -0.352 e. The lowest BCUT2D eigenvalue weighted by molar-refractivity contribution is 0.239. The molecule has 29 heavy (non-hydrogen) atoms. The molecule has 3 heterocycles. The quantitative estimate of drug-likeness (QED) is 0.616. The van der Waals surface area contributed by atoms with Crippen LogP contribution in [-0.4, -0.2) is 25.6 Å². The van der Waals surface area contributed by atoms with Crippen LogP contribution in [0.3, 0.4) is 0 Å². The average molecular weight is 403 g/mol. The molecule has 0 spiro atoms. The fourth-order valence-electron chi connectivity index (χ4n) is 4.98. The van der Waals surface area contributed by atoms with Crippen molar-refractivity contribution in [1.82, 2.24) is 19.8 Å². The third-order valence-corrected chi connectivity index (χ3v) is 6.61. The van der Waals surface area contributed by atoms with E-state index in [9.17, 15) is 0 Å². The fraction of sp³-hybridized carbons (Fsp3) is 0.333. The molecular formula is C24H26N4S. The molecule has 1 aliphatic carbocycles. The summed E-state index contributed by atoms with van der Waals surface area (Å²) in [5.41, 5.74) is 4.73. The maximum absolute atomic E-state index is 5.88. The standard InChI is InChI=1S/C24H26N4S/c1-17-14-15-21(27(17)18-9-3-2-4-10-18)23-22(20-13-7-8-16-25-20)26-24(29)28(23)19-11-5-6-12-19/h2-4,7-10,13-16,19,22-23H,5-6,11-12H2,1H3,(H,26,29)/t22-,23-/m0/s1. The summed E-state index contributed by atoms with van der Waals surface area (Å²) in [4.78, 5) is 7.15. The molecule has 1 aliphatic heterocycles. The van der Waals surface area contributed by atoms with E-state index in [2.05, 4.69) is 81.3 Å². The van der Waals surface area contributed by atoms with Gasteiger partial charge in [-0.3, -0.25) is 4.98 Å². The largest absolute Gasteiger partial charge is 0.352 e. The summed E-state index contributed by atoms with van der Waals surface area (Å²) in [5.74, 6) is 0. The van der Waals surface area contributed by atoms with Gasteiger partial charge in [0.2, 0.25) is 0 Å². The van der Waals surface area contributed by atoms with E-state index >= 15 is 0 Å². The molecule has 0 amide bonds. The first-order valence-corrected chi connectivity index (χ1v) is 10.9. The van der Waals surface area contributed by atoms with Crippen molar-refractivity contribution in [2.24, 2.45) is 0 Å². The second-order valence-electron chi connectivity index (χ2n) is 8.04. The molecule has 1 saturated heterocycles. The van der Waals surface area contributed by atoms with Crippen molar-refractivity contribution in [3.8, 4) is 5.69 Å². The highest BCUT2D eigenvalue weighted by atomic mass is 32.1. The Morgan fingerprint density at radius 2 is 1.72 bits per heavy atom. The van der Waals surface area contributed by atoms with E-state index in [1.54, 1.807) is 0 Å². The monoisotopic (exact) mass is 402 g/mol. The van der Waals surface area contributed by atoms with Gasteiger partial charge < -0.3 is 14.8 Å². The number of rotatable bonds is 4. The van der Waals surface area contributed by atoms with Crippen molar-refractivity contribution in [1.29, 1.82) is 0 Å². The van der Waals surface area contributed by atoms with Crippen molar-refractivity contribution in [3.63, 3.8) is 0 Å². The first-order chi connectivity index (χ1) is 14.2. The van der Waals surface area contributed by atoms with Crippen LogP contribution in [0.15, 0.2) is 66.9 Å². The summed E-state index contributed by atoms with van der Waals surface area (Å²) >= 11 is 5.88. The van der Waals surface area contributed by atoms with Crippen LogP contribution in [0.4, 0.5) is 0 Å². The third-order valence-electron chi connectivity index (χ3n) is 6.28. The van der Waals surface area contributed by atoms with Gasteiger partial charge in [0.15, 0.2) is 5.11 Å². The van der Waals surface area contributed by atoms with Gasteiger partial charge in [-0.1, -0.05) is 37.1 Å². The first-order valence-electron chi connectivity index (χ1n) is 10.5. The van der Waals surface area contributed by atoms with E-state index in [0.717, 1.165) is 10.8 Å². The Morgan fingerprint density at radius 1 is 0.966 bits per heavy atom. The molecule has 5 rings (SSSR count). The van der Waals surface area contributed by atoms with Gasteiger partial charge in [0.1, 0.15) is 0 Å². The normalized spacial score (nSPS) is 22.2. The highest BCUT2D eigenvalue weighted by Crippen LogP contribution is 2.43. The van der Waals surface area contributed by atoms with Crippen molar-refractivity contribution in [2.45, 2.75) is 50.7 Å². The molecule has 1 aromatic carbocycles. The third kappa shape index (κ3) is 3.23. The lowest BCUT2D eigenvalue weighted by atomic mass is 9.99. The highest BCUT2D eigenvalue weighted by molar-refractivity contribution is 7.80. The Morgan fingerprint density at radius 3 is 2.45 bits per heavy atom. The molecule has 3 aromatic rings. The van der Waals surface area contributed by atoms with Crippen LogP contribution in [-0.2, 0) is 0 Å². The molecule has 2 fully saturated rings. The van der Waals surface area contributed by atoms with Gasteiger partial charge in [0, 0.05) is 29.3 Å². The zero-order valence-electron chi connectivity index (χ0n) is 16.7. The Labute approximate surface area is 177 Å². The fourth-order valence-corrected chi connectivity index (χ4v) is 5.37. The van der Waals surface area contributed by atoms with E-state index in [4.69, 9.17) is 12.2 Å². The van der Waals surface area contributed by atoms with Gasteiger partial charge in [-0.2, -0.15) is 0 Å². The number of nitrogens with one attached hydrogen (secondary N) is 1. The number of hydrogen-bond acceptors (Lipinski definition) is 2. The van der Waals surface area contributed by atoms with Crippen LogP contribution in [0.25, 0.3) is 5.69 Å². The number of pyridine rings is 1. The Balaban J connectivity index is 1.65. The van der Waals surface area contributed by atoms with Gasteiger partial charge in [-0.25, -0.2) is 0 Å². The van der Waals surface area contributed by atoms with Crippen molar-refractivity contribution >= 4 is 17.3 Å². The number of thiocarbonyl (C=S) groups is 1. The van der Waals surface area contributed by atoms with Crippen molar-refractivity contribution < 1.29 is 0 Å². The van der Waals surface area contributed by atoms with E-state index in [1.807, 2.05) is 12.3 Å². The number of nitrogens with zero attached hydrogens (tertiary/aromatic N) is 3. The summed E-state index contributed by atoms with van der Waals surface area (Å²) in [7, 11) is 0. The number of benzene rings is 1. The van der Waals surface area contributed by atoms with Gasteiger partial charge >= 0.3 is 0 Å². The van der Waals surface area contributed by atoms with Crippen LogP contribution in [0.2, 0.25) is 0 Å². The molecule has 4 nitrogen and oxygen atoms in total. The maximum atomic E-state index is 5.88. The maximum Gasteiger partial charge on any atom is 0.170 e. The van der Waals surface area contributed by atoms with Gasteiger partial charge in [0.25, 0.3) is 0 Å². The molecule has 1 saturated carbocycles.